The van der Waals surface area contributed by atoms with Crippen LogP contribution >= 0.6 is 0 Å². The lowest BCUT2D eigenvalue weighted by Crippen LogP contribution is -2.04. The van der Waals surface area contributed by atoms with Crippen LogP contribution in [0.4, 0.5) is 0 Å². The third-order valence-electron chi connectivity index (χ3n) is 1.28. The molecule has 0 aromatic carbocycles. The maximum atomic E-state index is 3.83. The summed E-state index contributed by atoms with van der Waals surface area (Å²) in [6.45, 7) is 12.4. The van der Waals surface area contributed by atoms with E-state index in [1.807, 2.05) is 0 Å². The minimum Gasteiger partial charge on any atom is -0.0996 e. The van der Waals surface area contributed by atoms with Gasteiger partial charge in [-0.3, -0.25) is 0 Å². The molecule has 0 N–H and O–H groups in total. The van der Waals surface area contributed by atoms with Crippen molar-refractivity contribution in [2.75, 3.05) is 0 Å². The highest BCUT2D eigenvalue weighted by Crippen LogP contribution is 2.21. The highest BCUT2D eigenvalue weighted by molar-refractivity contribution is 4.99. The first-order chi connectivity index (χ1) is 2.94. The quantitative estimate of drug-likeness (QED) is 0.424. The maximum absolute atomic E-state index is 3.83. The van der Waals surface area contributed by atoms with Gasteiger partial charge in [-0.1, -0.05) is 40.3 Å². The van der Waals surface area contributed by atoms with E-state index in [1.165, 1.54) is 5.57 Å². The lowest BCUT2D eigenvalue weighted by atomic mass is 9.89. The normalized spacial score (nSPS) is 10.0. The second-order valence-corrected chi connectivity index (χ2v) is 3.03. The van der Waals surface area contributed by atoms with Gasteiger partial charge in [0, 0.05) is 0 Å². The van der Waals surface area contributed by atoms with Crippen LogP contribution in [0.15, 0.2) is 12.2 Å². The van der Waals surface area contributed by atoms with E-state index in [0.717, 1.165) is 0 Å². The molecular formula is C8H18. The average Bonchev–Trinajstić information content (AvgIpc) is 1.31. The Hall–Kier alpha value is -0.260. The van der Waals surface area contributed by atoms with Crippen LogP contribution < -0.4 is 0 Å². The predicted octanol–water partition coefficient (Wildman–Crippen LogP) is 3.24. The van der Waals surface area contributed by atoms with Gasteiger partial charge in [-0.05, 0) is 12.3 Å². The number of hydrogen-bond acceptors (Lipinski definition) is 0. The Kier molecular flexibility index (Phi) is 3.88. The molecule has 0 aliphatic rings. The molecule has 0 amide bonds. The zero-order valence-corrected chi connectivity index (χ0v) is 5.71. The van der Waals surface area contributed by atoms with Crippen molar-refractivity contribution in [3.63, 3.8) is 0 Å². The molecule has 0 saturated carbocycles. The smallest absolute Gasteiger partial charge is 0.0178 e. The van der Waals surface area contributed by atoms with Crippen LogP contribution in [-0.2, 0) is 0 Å². The molecule has 0 heterocycles. The molecule has 0 aromatic rings. The second-order valence-electron chi connectivity index (χ2n) is 3.03. The van der Waals surface area contributed by atoms with Crippen molar-refractivity contribution in [1.82, 2.24) is 0 Å². The van der Waals surface area contributed by atoms with Crippen LogP contribution in [0.25, 0.3) is 0 Å². The van der Waals surface area contributed by atoms with Gasteiger partial charge in [0.15, 0.2) is 0 Å². The molecule has 0 atom stereocenters. The van der Waals surface area contributed by atoms with Crippen molar-refractivity contribution in [2.24, 2.45) is 5.41 Å². The molecule has 0 rings (SSSR count). The zero-order chi connectivity index (χ0) is 6.08. The molecule has 0 bridgehead atoms. The van der Waals surface area contributed by atoms with Crippen molar-refractivity contribution in [1.29, 1.82) is 0 Å². The zero-order valence-electron chi connectivity index (χ0n) is 5.71. The fourth-order valence-corrected chi connectivity index (χ4v) is 0. The van der Waals surface area contributed by atoms with Gasteiger partial charge in [-0.25, -0.2) is 0 Å². The molecule has 0 spiro atoms. The van der Waals surface area contributed by atoms with Gasteiger partial charge in [0.05, 0.1) is 0 Å². The van der Waals surface area contributed by atoms with Crippen LogP contribution in [0.1, 0.15) is 35.1 Å². The van der Waals surface area contributed by atoms with E-state index >= 15 is 0 Å². The Morgan fingerprint density at radius 3 is 1.38 bits per heavy atom. The van der Waals surface area contributed by atoms with E-state index in [9.17, 15) is 0 Å². The van der Waals surface area contributed by atoms with Crippen molar-refractivity contribution in [2.45, 2.75) is 35.1 Å². The summed E-state index contributed by atoms with van der Waals surface area (Å²) in [5, 5.41) is 0. The van der Waals surface area contributed by atoms with Crippen molar-refractivity contribution in [3.8, 4) is 0 Å². The van der Waals surface area contributed by atoms with Crippen LogP contribution in [0.2, 0.25) is 0 Å². The number of rotatable bonds is 0. The summed E-state index contributed by atoms with van der Waals surface area (Å²) >= 11 is 0. The third-order valence-corrected chi connectivity index (χ3v) is 1.28. The molecule has 0 aromatic heterocycles. The highest BCUT2D eigenvalue weighted by Gasteiger charge is 2.08. The molecule has 50 valence electrons. The molecule has 0 unspecified atom stereocenters. The van der Waals surface area contributed by atoms with E-state index in [-0.39, 0.29) is 7.43 Å². The first kappa shape index (κ1) is 10.7. The van der Waals surface area contributed by atoms with Gasteiger partial charge in [0.2, 0.25) is 0 Å². The van der Waals surface area contributed by atoms with Crippen molar-refractivity contribution in [3.05, 3.63) is 12.2 Å². The Morgan fingerprint density at radius 2 is 1.38 bits per heavy atom. The van der Waals surface area contributed by atoms with Crippen molar-refractivity contribution < 1.29 is 0 Å². The fourth-order valence-electron chi connectivity index (χ4n) is 0. The third kappa shape index (κ3) is 3.91. The summed E-state index contributed by atoms with van der Waals surface area (Å²) < 4.78 is 0. The molecule has 8 heavy (non-hydrogen) atoms. The van der Waals surface area contributed by atoms with E-state index in [4.69, 9.17) is 0 Å². The molecule has 0 heteroatoms. The van der Waals surface area contributed by atoms with E-state index in [0.29, 0.717) is 5.41 Å². The lowest BCUT2D eigenvalue weighted by molar-refractivity contribution is 0.506. The summed E-state index contributed by atoms with van der Waals surface area (Å²) in [7, 11) is 0. The minimum absolute atomic E-state index is 0. The first-order valence-electron chi connectivity index (χ1n) is 2.60. The van der Waals surface area contributed by atoms with Gasteiger partial charge in [0.25, 0.3) is 0 Å². The van der Waals surface area contributed by atoms with Crippen LogP contribution in [0.5, 0.6) is 0 Å². The van der Waals surface area contributed by atoms with Crippen molar-refractivity contribution >= 4 is 0 Å². The Bertz CT molecular complexity index is 72.5. The molecule has 0 nitrogen and oxygen atoms in total. The Labute approximate surface area is 53.6 Å². The molecule has 0 saturated heterocycles. The number of allylic oxidation sites excluding steroid dienone is 1. The SMILES string of the molecule is C.C=C(C)C(C)(C)C. The summed E-state index contributed by atoms with van der Waals surface area (Å²) in [5.74, 6) is 0. The lowest BCUT2D eigenvalue weighted by Gasteiger charge is -2.16. The molecule has 0 fully saturated rings. The molecule has 0 aliphatic carbocycles. The molecule has 0 aliphatic heterocycles. The predicted molar refractivity (Wildman–Crippen MR) is 41.0 cm³/mol. The van der Waals surface area contributed by atoms with Crippen LogP contribution in [0, 0.1) is 5.41 Å². The maximum Gasteiger partial charge on any atom is -0.0178 e. The Morgan fingerprint density at radius 1 is 1.25 bits per heavy atom. The van der Waals surface area contributed by atoms with E-state index in [2.05, 4.69) is 34.3 Å². The van der Waals surface area contributed by atoms with Crippen LogP contribution in [-0.4, -0.2) is 0 Å². The molecule has 0 radical (unpaired) electrons. The fraction of sp³-hybridized carbons (Fsp3) is 0.750. The largest absolute Gasteiger partial charge is 0.0996 e. The summed E-state index contributed by atoms with van der Waals surface area (Å²) in [6.07, 6.45) is 0. The Balaban J connectivity index is 0. The molecular weight excluding hydrogens is 96.1 g/mol. The number of hydrogen-bond donors (Lipinski definition) is 0. The van der Waals surface area contributed by atoms with E-state index < -0.39 is 0 Å². The average molecular weight is 114 g/mol. The van der Waals surface area contributed by atoms with Gasteiger partial charge < -0.3 is 0 Å². The van der Waals surface area contributed by atoms with Gasteiger partial charge >= 0.3 is 0 Å². The topological polar surface area (TPSA) is 0 Å². The second kappa shape index (κ2) is 2.91. The standard InChI is InChI=1S/C7H14.CH4/c1-6(2)7(3,4)5;/h1H2,2-5H3;1H4. The highest BCUT2D eigenvalue weighted by atomic mass is 14.1. The summed E-state index contributed by atoms with van der Waals surface area (Å²) in [4.78, 5) is 0. The van der Waals surface area contributed by atoms with Gasteiger partial charge in [0.1, 0.15) is 0 Å². The summed E-state index contributed by atoms with van der Waals surface area (Å²) in [6, 6.07) is 0. The van der Waals surface area contributed by atoms with Gasteiger partial charge in [-0.2, -0.15) is 0 Å². The van der Waals surface area contributed by atoms with Gasteiger partial charge in [-0.15, -0.1) is 0 Å². The van der Waals surface area contributed by atoms with E-state index in [1.54, 1.807) is 0 Å². The summed E-state index contributed by atoms with van der Waals surface area (Å²) in [5.41, 5.74) is 1.55. The van der Waals surface area contributed by atoms with Crippen LogP contribution in [0.3, 0.4) is 0 Å². The first-order valence-corrected chi connectivity index (χ1v) is 2.60. The monoisotopic (exact) mass is 114 g/mol. The minimum atomic E-state index is 0.